The minimum Gasteiger partial charge on any atom is -0.325 e. The molecule has 0 unspecified atom stereocenters. The first-order chi connectivity index (χ1) is 15.8. The number of nitrogens with zero attached hydrogens (tertiary/aromatic N) is 3. The number of halogens is 1. The van der Waals surface area contributed by atoms with E-state index < -0.39 is 10.0 Å². The summed E-state index contributed by atoms with van der Waals surface area (Å²) in [6.07, 6.45) is 0. The minimum absolute atomic E-state index is 0.0189. The molecule has 0 aliphatic rings. The monoisotopic (exact) mass is 483 g/mol. The summed E-state index contributed by atoms with van der Waals surface area (Å²) in [5.41, 5.74) is 1.90. The molecule has 4 aromatic rings. The Bertz CT molecular complexity index is 1370. The first-order valence-corrected chi connectivity index (χ1v) is 12.2. The summed E-state index contributed by atoms with van der Waals surface area (Å²) in [4.78, 5) is 12.4. The number of thioether (sulfide) groups is 1. The number of nitrogens with one attached hydrogen (secondary N) is 1. The fourth-order valence-electron chi connectivity index (χ4n) is 3.02. The third-order valence-electron chi connectivity index (χ3n) is 4.55. The lowest BCUT2D eigenvalue weighted by molar-refractivity contribution is -0.113. The largest absolute Gasteiger partial charge is 0.325 e. The topological polar surface area (TPSA) is 120 Å². The van der Waals surface area contributed by atoms with Crippen LogP contribution in [-0.4, -0.2) is 34.8 Å². The van der Waals surface area contributed by atoms with E-state index in [1.807, 2.05) is 30.3 Å². The van der Waals surface area contributed by atoms with Crippen molar-refractivity contribution in [3.05, 3.63) is 84.7 Å². The van der Waals surface area contributed by atoms with Crippen LogP contribution in [0.2, 0.25) is 0 Å². The van der Waals surface area contributed by atoms with Crippen molar-refractivity contribution in [2.75, 3.05) is 11.1 Å². The van der Waals surface area contributed by atoms with E-state index in [1.54, 1.807) is 16.7 Å². The number of hydrogen-bond acceptors (Lipinski definition) is 6. The molecule has 0 spiro atoms. The molecule has 3 aromatic carbocycles. The van der Waals surface area contributed by atoms with Crippen LogP contribution in [-0.2, 0) is 14.8 Å². The Balaban J connectivity index is 1.54. The smallest absolute Gasteiger partial charge is 0.238 e. The van der Waals surface area contributed by atoms with Crippen LogP contribution in [0.5, 0.6) is 0 Å². The molecule has 0 aliphatic carbocycles. The van der Waals surface area contributed by atoms with Gasteiger partial charge in [0.15, 0.2) is 11.0 Å². The van der Waals surface area contributed by atoms with Crippen LogP contribution in [0.15, 0.2) is 88.9 Å². The molecule has 0 bridgehead atoms. The summed E-state index contributed by atoms with van der Waals surface area (Å²) in [7, 11) is -3.81. The number of primary sulfonamides is 1. The molecule has 0 aliphatic heterocycles. The summed E-state index contributed by atoms with van der Waals surface area (Å²) in [5, 5.41) is 16.7. The van der Waals surface area contributed by atoms with E-state index in [-0.39, 0.29) is 22.4 Å². The average molecular weight is 484 g/mol. The van der Waals surface area contributed by atoms with Gasteiger partial charge in [0.25, 0.3) is 0 Å². The van der Waals surface area contributed by atoms with Gasteiger partial charge in [0, 0.05) is 16.9 Å². The van der Waals surface area contributed by atoms with Crippen molar-refractivity contribution in [1.82, 2.24) is 14.8 Å². The molecule has 0 saturated heterocycles. The predicted molar refractivity (Wildman–Crippen MR) is 124 cm³/mol. The van der Waals surface area contributed by atoms with E-state index in [1.165, 1.54) is 36.4 Å². The number of hydrogen-bond donors (Lipinski definition) is 2. The van der Waals surface area contributed by atoms with Crippen LogP contribution in [0.1, 0.15) is 0 Å². The molecule has 33 heavy (non-hydrogen) atoms. The first kappa shape index (κ1) is 22.6. The van der Waals surface area contributed by atoms with Gasteiger partial charge in [0.1, 0.15) is 5.82 Å². The van der Waals surface area contributed by atoms with Gasteiger partial charge in [-0.1, -0.05) is 42.1 Å². The Morgan fingerprint density at radius 2 is 1.64 bits per heavy atom. The molecule has 0 radical (unpaired) electrons. The second-order valence-corrected chi connectivity index (χ2v) is 9.39. The Kier molecular flexibility index (Phi) is 6.54. The maximum atomic E-state index is 13.5. The highest BCUT2D eigenvalue weighted by atomic mass is 32.2. The quantitative estimate of drug-likeness (QED) is 0.389. The second-order valence-electron chi connectivity index (χ2n) is 6.89. The van der Waals surface area contributed by atoms with Crippen molar-refractivity contribution in [2.45, 2.75) is 10.1 Å². The SMILES string of the molecule is NS(=O)(=O)c1ccc(NC(=O)CSc2nnc(-c3ccccc3)n2-c2ccc(F)cc2)cc1. The molecule has 4 rings (SSSR count). The number of carbonyl (C=O) groups is 1. The molecule has 0 saturated carbocycles. The van der Waals surface area contributed by atoms with Gasteiger partial charge in [-0.05, 0) is 48.5 Å². The van der Waals surface area contributed by atoms with Gasteiger partial charge in [0.2, 0.25) is 15.9 Å². The normalized spacial score (nSPS) is 11.3. The first-order valence-electron chi connectivity index (χ1n) is 9.63. The zero-order valence-electron chi connectivity index (χ0n) is 17.1. The maximum Gasteiger partial charge on any atom is 0.238 e. The number of rotatable bonds is 7. The lowest BCUT2D eigenvalue weighted by atomic mass is 10.2. The highest BCUT2D eigenvalue weighted by molar-refractivity contribution is 7.99. The van der Waals surface area contributed by atoms with Gasteiger partial charge < -0.3 is 5.32 Å². The molecule has 1 aromatic heterocycles. The van der Waals surface area contributed by atoms with E-state index in [2.05, 4.69) is 15.5 Å². The molecule has 168 valence electrons. The zero-order valence-corrected chi connectivity index (χ0v) is 18.7. The lowest BCUT2D eigenvalue weighted by Gasteiger charge is -2.11. The van der Waals surface area contributed by atoms with E-state index >= 15 is 0 Å². The van der Waals surface area contributed by atoms with Crippen LogP contribution < -0.4 is 10.5 Å². The third kappa shape index (κ3) is 5.45. The van der Waals surface area contributed by atoms with E-state index in [0.29, 0.717) is 22.4 Å². The molecule has 1 amide bonds. The fourth-order valence-corrected chi connectivity index (χ4v) is 4.28. The van der Waals surface area contributed by atoms with Crippen molar-refractivity contribution >= 4 is 33.4 Å². The van der Waals surface area contributed by atoms with Crippen molar-refractivity contribution in [3.8, 4) is 17.1 Å². The third-order valence-corrected chi connectivity index (χ3v) is 6.41. The van der Waals surface area contributed by atoms with Crippen LogP contribution >= 0.6 is 11.8 Å². The van der Waals surface area contributed by atoms with Gasteiger partial charge in [-0.15, -0.1) is 10.2 Å². The van der Waals surface area contributed by atoms with E-state index in [4.69, 9.17) is 5.14 Å². The maximum absolute atomic E-state index is 13.5. The number of amides is 1. The molecule has 0 fully saturated rings. The van der Waals surface area contributed by atoms with Crippen molar-refractivity contribution in [1.29, 1.82) is 0 Å². The van der Waals surface area contributed by atoms with Crippen LogP contribution in [0.25, 0.3) is 17.1 Å². The van der Waals surface area contributed by atoms with Crippen LogP contribution in [0.4, 0.5) is 10.1 Å². The summed E-state index contributed by atoms with van der Waals surface area (Å²) < 4.78 is 37.9. The number of carbonyl (C=O) groups excluding carboxylic acids is 1. The number of sulfonamides is 1. The van der Waals surface area contributed by atoms with Crippen LogP contribution in [0.3, 0.4) is 0 Å². The van der Waals surface area contributed by atoms with Gasteiger partial charge in [-0.2, -0.15) is 0 Å². The Morgan fingerprint density at radius 3 is 2.27 bits per heavy atom. The molecular formula is C22H18FN5O3S2. The highest BCUT2D eigenvalue weighted by Crippen LogP contribution is 2.28. The van der Waals surface area contributed by atoms with Gasteiger partial charge in [0.05, 0.1) is 10.6 Å². The van der Waals surface area contributed by atoms with Gasteiger partial charge in [-0.25, -0.2) is 17.9 Å². The van der Waals surface area contributed by atoms with E-state index in [0.717, 1.165) is 17.3 Å². The molecule has 8 nitrogen and oxygen atoms in total. The summed E-state index contributed by atoms with van der Waals surface area (Å²) in [5.74, 6) is -0.109. The summed E-state index contributed by atoms with van der Waals surface area (Å²) in [6.45, 7) is 0. The Labute approximate surface area is 193 Å². The minimum atomic E-state index is -3.81. The number of benzene rings is 3. The fraction of sp³-hybridized carbons (Fsp3) is 0.0455. The predicted octanol–water partition coefficient (Wildman–Crippen LogP) is 3.45. The standard InChI is InChI=1S/C22H18FN5O3S2/c23-16-6-10-18(11-7-16)28-21(15-4-2-1-3-5-15)26-27-22(28)32-14-20(29)25-17-8-12-19(13-9-17)33(24,30)31/h1-13H,14H2,(H,25,29)(H2,24,30,31). The number of nitrogens with two attached hydrogens (primary N) is 1. The van der Waals surface area contributed by atoms with Crippen molar-refractivity contribution in [2.24, 2.45) is 5.14 Å². The van der Waals surface area contributed by atoms with Crippen molar-refractivity contribution < 1.29 is 17.6 Å². The van der Waals surface area contributed by atoms with E-state index in [9.17, 15) is 17.6 Å². The molecule has 11 heteroatoms. The molecular weight excluding hydrogens is 465 g/mol. The second kappa shape index (κ2) is 9.53. The molecule has 1 heterocycles. The summed E-state index contributed by atoms with van der Waals surface area (Å²) in [6, 6.07) is 20.9. The molecule has 0 atom stereocenters. The lowest BCUT2D eigenvalue weighted by Crippen LogP contribution is -2.15. The van der Waals surface area contributed by atoms with Gasteiger partial charge >= 0.3 is 0 Å². The van der Waals surface area contributed by atoms with Crippen LogP contribution in [0, 0.1) is 5.82 Å². The summed E-state index contributed by atoms with van der Waals surface area (Å²) >= 11 is 1.16. The number of anilines is 1. The van der Waals surface area contributed by atoms with Gasteiger partial charge in [-0.3, -0.25) is 9.36 Å². The Morgan fingerprint density at radius 1 is 0.970 bits per heavy atom. The number of aromatic nitrogens is 3. The Hall–Kier alpha value is -3.54. The average Bonchev–Trinajstić information content (AvgIpc) is 3.22. The van der Waals surface area contributed by atoms with Crippen molar-refractivity contribution in [3.63, 3.8) is 0 Å². The zero-order chi connectivity index (χ0) is 23.4. The highest BCUT2D eigenvalue weighted by Gasteiger charge is 2.17. The molecule has 3 N–H and O–H groups in total.